The number of hydrogen-bond donors (Lipinski definition) is 0. The molecule has 0 radical (unpaired) electrons. The zero-order chi connectivity index (χ0) is 19.5. The van der Waals surface area contributed by atoms with Gasteiger partial charge in [-0.2, -0.15) is 4.98 Å². The van der Waals surface area contributed by atoms with Crippen molar-refractivity contribution in [3.05, 3.63) is 65.5 Å². The maximum atomic E-state index is 12.3. The van der Waals surface area contributed by atoms with E-state index in [1.165, 1.54) is 0 Å². The third-order valence-corrected chi connectivity index (χ3v) is 4.67. The van der Waals surface area contributed by atoms with Gasteiger partial charge in [-0.3, -0.25) is 4.79 Å². The third kappa shape index (κ3) is 3.64. The van der Waals surface area contributed by atoms with E-state index in [9.17, 15) is 9.59 Å². The molecule has 1 fully saturated rings. The SMILES string of the molecule is Cc1ccccc1-c1noc(COC(=O)c2ccc(N3CCCC3=O)cc2)n1. The summed E-state index contributed by atoms with van der Waals surface area (Å²) in [6, 6.07) is 14.5. The molecule has 4 rings (SSSR count). The van der Waals surface area contributed by atoms with Crippen LogP contribution in [0, 0.1) is 6.92 Å². The topological polar surface area (TPSA) is 85.5 Å². The highest BCUT2D eigenvalue weighted by atomic mass is 16.6. The molecule has 0 saturated carbocycles. The summed E-state index contributed by atoms with van der Waals surface area (Å²) in [6.45, 7) is 2.57. The van der Waals surface area contributed by atoms with Gasteiger partial charge in [-0.15, -0.1) is 0 Å². The summed E-state index contributed by atoms with van der Waals surface area (Å²) >= 11 is 0. The Bertz CT molecular complexity index is 1010. The molecule has 1 aliphatic heterocycles. The van der Waals surface area contributed by atoms with Crippen molar-refractivity contribution in [2.24, 2.45) is 0 Å². The molecule has 1 saturated heterocycles. The van der Waals surface area contributed by atoms with Crippen LogP contribution in [0.4, 0.5) is 5.69 Å². The first-order chi connectivity index (χ1) is 13.6. The minimum Gasteiger partial charge on any atom is -0.452 e. The van der Waals surface area contributed by atoms with Gasteiger partial charge in [-0.1, -0.05) is 29.4 Å². The molecule has 1 aromatic heterocycles. The lowest BCUT2D eigenvalue weighted by atomic mass is 10.1. The summed E-state index contributed by atoms with van der Waals surface area (Å²) < 4.78 is 10.4. The van der Waals surface area contributed by atoms with Crippen LogP contribution in [-0.4, -0.2) is 28.6 Å². The molecule has 7 heteroatoms. The van der Waals surface area contributed by atoms with Crippen LogP contribution in [0.2, 0.25) is 0 Å². The monoisotopic (exact) mass is 377 g/mol. The van der Waals surface area contributed by atoms with Gasteiger partial charge < -0.3 is 14.2 Å². The molecule has 1 aliphatic rings. The summed E-state index contributed by atoms with van der Waals surface area (Å²) in [5.41, 5.74) is 3.09. The highest BCUT2D eigenvalue weighted by Crippen LogP contribution is 2.22. The number of aromatic nitrogens is 2. The summed E-state index contributed by atoms with van der Waals surface area (Å²) in [6.07, 6.45) is 1.43. The van der Waals surface area contributed by atoms with E-state index in [0.717, 1.165) is 23.2 Å². The zero-order valence-corrected chi connectivity index (χ0v) is 15.4. The van der Waals surface area contributed by atoms with Crippen molar-refractivity contribution in [1.29, 1.82) is 0 Å². The van der Waals surface area contributed by atoms with Gasteiger partial charge in [0.15, 0.2) is 6.61 Å². The van der Waals surface area contributed by atoms with E-state index in [4.69, 9.17) is 9.26 Å². The molecule has 142 valence electrons. The number of aryl methyl sites for hydroxylation is 1. The maximum absolute atomic E-state index is 12.3. The maximum Gasteiger partial charge on any atom is 0.338 e. The van der Waals surface area contributed by atoms with Crippen LogP contribution in [0.15, 0.2) is 53.1 Å². The first kappa shape index (κ1) is 17.9. The fourth-order valence-electron chi connectivity index (χ4n) is 3.16. The van der Waals surface area contributed by atoms with Crippen molar-refractivity contribution in [1.82, 2.24) is 10.1 Å². The second-order valence-corrected chi connectivity index (χ2v) is 6.60. The molecule has 0 atom stereocenters. The number of amides is 1. The molecular weight excluding hydrogens is 358 g/mol. The number of nitrogens with zero attached hydrogens (tertiary/aromatic N) is 3. The summed E-state index contributed by atoms with van der Waals surface area (Å²) in [5, 5.41) is 3.95. The van der Waals surface area contributed by atoms with Crippen molar-refractivity contribution in [2.75, 3.05) is 11.4 Å². The van der Waals surface area contributed by atoms with Gasteiger partial charge >= 0.3 is 5.97 Å². The number of anilines is 1. The molecule has 2 aromatic carbocycles. The Hall–Kier alpha value is -3.48. The minimum absolute atomic E-state index is 0.107. The molecule has 3 aromatic rings. The standard InChI is InChI=1S/C21H19N3O4/c1-14-5-2-3-6-17(14)20-22-18(28-23-20)13-27-21(26)15-8-10-16(11-9-15)24-12-4-7-19(24)25/h2-3,5-6,8-11H,4,7,12-13H2,1H3. The number of hydrogen-bond acceptors (Lipinski definition) is 6. The smallest absolute Gasteiger partial charge is 0.338 e. The van der Waals surface area contributed by atoms with Crippen LogP contribution in [-0.2, 0) is 16.1 Å². The van der Waals surface area contributed by atoms with Crippen molar-refractivity contribution in [2.45, 2.75) is 26.4 Å². The number of ether oxygens (including phenoxy) is 1. The largest absolute Gasteiger partial charge is 0.452 e. The summed E-state index contributed by atoms with van der Waals surface area (Å²) in [5.74, 6) is 0.306. The Kier molecular flexibility index (Phi) is 4.89. The Morgan fingerprint density at radius 1 is 1.18 bits per heavy atom. The van der Waals surface area contributed by atoms with Gasteiger partial charge in [0.2, 0.25) is 11.7 Å². The van der Waals surface area contributed by atoms with Gasteiger partial charge in [-0.05, 0) is 43.2 Å². The highest BCUT2D eigenvalue weighted by Gasteiger charge is 2.22. The Labute approximate surface area is 161 Å². The van der Waals surface area contributed by atoms with Crippen LogP contribution >= 0.6 is 0 Å². The molecule has 7 nitrogen and oxygen atoms in total. The average molecular weight is 377 g/mol. The van der Waals surface area contributed by atoms with E-state index in [1.807, 2.05) is 31.2 Å². The highest BCUT2D eigenvalue weighted by molar-refractivity contribution is 5.96. The van der Waals surface area contributed by atoms with E-state index in [2.05, 4.69) is 10.1 Å². The molecule has 0 unspecified atom stereocenters. The van der Waals surface area contributed by atoms with Crippen molar-refractivity contribution in [3.63, 3.8) is 0 Å². The predicted molar refractivity (Wildman–Crippen MR) is 102 cm³/mol. The fraction of sp³-hybridized carbons (Fsp3) is 0.238. The number of esters is 1. The van der Waals surface area contributed by atoms with Gasteiger partial charge in [0.05, 0.1) is 5.56 Å². The van der Waals surface area contributed by atoms with Crippen LogP contribution in [0.1, 0.15) is 34.7 Å². The lowest BCUT2D eigenvalue weighted by molar-refractivity contribution is -0.117. The van der Waals surface area contributed by atoms with Crippen molar-refractivity contribution in [3.8, 4) is 11.4 Å². The van der Waals surface area contributed by atoms with Crippen LogP contribution in [0.3, 0.4) is 0 Å². The first-order valence-corrected chi connectivity index (χ1v) is 9.08. The third-order valence-electron chi connectivity index (χ3n) is 4.67. The second kappa shape index (κ2) is 7.64. The van der Waals surface area contributed by atoms with E-state index in [1.54, 1.807) is 29.2 Å². The summed E-state index contributed by atoms with van der Waals surface area (Å²) in [4.78, 5) is 30.0. The molecule has 0 bridgehead atoms. The minimum atomic E-state index is -0.491. The molecule has 1 amide bonds. The molecular formula is C21H19N3O4. The molecule has 28 heavy (non-hydrogen) atoms. The van der Waals surface area contributed by atoms with E-state index < -0.39 is 5.97 Å². The molecule has 0 spiro atoms. The van der Waals surface area contributed by atoms with Crippen molar-refractivity contribution < 1.29 is 18.8 Å². The summed E-state index contributed by atoms with van der Waals surface area (Å²) in [7, 11) is 0. The quantitative estimate of drug-likeness (QED) is 0.632. The second-order valence-electron chi connectivity index (χ2n) is 6.60. The number of benzene rings is 2. The Morgan fingerprint density at radius 2 is 1.96 bits per heavy atom. The van der Waals surface area contributed by atoms with Crippen molar-refractivity contribution >= 4 is 17.6 Å². The van der Waals surface area contributed by atoms with Crippen LogP contribution < -0.4 is 4.90 Å². The molecule has 0 N–H and O–H groups in total. The predicted octanol–water partition coefficient (Wildman–Crippen LogP) is 3.53. The van der Waals surface area contributed by atoms with Crippen LogP contribution in [0.25, 0.3) is 11.4 Å². The van der Waals surface area contributed by atoms with Gasteiger partial charge in [0.25, 0.3) is 5.89 Å². The molecule has 2 heterocycles. The Balaban J connectivity index is 1.38. The number of carbonyl (C=O) groups excluding carboxylic acids is 2. The number of rotatable bonds is 5. The van der Waals surface area contributed by atoms with E-state index in [0.29, 0.717) is 24.4 Å². The van der Waals surface area contributed by atoms with Crippen LogP contribution in [0.5, 0.6) is 0 Å². The van der Waals surface area contributed by atoms with Gasteiger partial charge in [-0.25, -0.2) is 4.79 Å². The fourth-order valence-corrected chi connectivity index (χ4v) is 3.16. The van der Waals surface area contributed by atoms with Gasteiger partial charge in [0.1, 0.15) is 0 Å². The van der Waals surface area contributed by atoms with E-state index in [-0.39, 0.29) is 18.4 Å². The normalized spacial score (nSPS) is 13.8. The molecule has 0 aliphatic carbocycles. The lowest BCUT2D eigenvalue weighted by Gasteiger charge is -2.15. The Morgan fingerprint density at radius 3 is 2.68 bits per heavy atom. The zero-order valence-electron chi connectivity index (χ0n) is 15.4. The number of carbonyl (C=O) groups is 2. The lowest BCUT2D eigenvalue weighted by Crippen LogP contribution is -2.23. The van der Waals surface area contributed by atoms with E-state index >= 15 is 0 Å². The van der Waals surface area contributed by atoms with Gasteiger partial charge in [0, 0.05) is 24.2 Å². The average Bonchev–Trinajstić information content (AvgIpc) is 3.36. The first-order valence-electron chi connectivity index (χ1n) is 9.08.